The van der Waals surface area contributed by atoms with Gasteiger partial charge >= 0.3 is 0 Å². The second kappa shape index (κ2) is 6.83. The van der Waals surface area contributed by atoms with Crippen molar-refractivity contribution >= 4 is 0 Å². The molecule has 4 heteroatoms. The fourth-order valence-electron chi connectivity index (χ4n) is 3.06. The number of likely N-dealkylation sites (tertiary alicyclic amines) is 1. The molecular formula is C16H22FN3. The standard InChI is InChI=1S/C16H22FN3/c1-3-20-6-4-5-16(20)12-19(2)11-14-7-13(10-18)8-15(17)9-14/h7-9,16H,3-6,11-12H2,1-2H3. The number of hydrogen-bond donors (Lipinski definition) is 0. The van der Waals surface area contributed by atoms with Crippen LogP contribution in [0.25, 0.3) is 0 Å². The van der Waals surface area contributed by atoms with Crippen LogP contribution in [-0.4, -0.2) is 42.5 Å². The van der Waals surface area contributed by atoms with Crippen molar-refractivity contribution in [1.82, 2.24) is 9.80 Å². The Labute approximate surface area is 120 Å². The smallest absolute Gasteiger partial charge is 0.124 e. The third-order valence-electron chi connectivity index (χ3n) is 3.97. The quantitative estimate of drug-likeness (QED) is 0.827. The average molecular weight is 275 g/mol. The normalized spacial score (nSPS) is 19.4. The lowest BCUT2D eigenvalue weighted by Gasteiger charge is -2.27. The molecule has 0 aliphatic carbocycles. The highest BCUT2D eigenvalue weighted by atomic mass is 19.1. The lowest BCUT2D eigenvalue weighted by Crippen LogP contribution is -2.38. The van der Waals surface area contributed by atoms with Gasteiger partial charge in [-0.05, 0) is 56.7 Å². The van der Waals surface area contributed by atoms with Crippen LogP contribution in [0.2, 0.25) is 0 Å². The van der Waals surface area contributed by atoms with Crippen LogP contribution in [-0.2, 0) is 6.54 Å². The summed E-state index contributed by atoms with van der Waals surface area (Å²) in [6, 6.07) is 7.17. The Morgan fingerprint density at radius 2 is 2.25 bits per heavy atom. The monoisotopic (exact) mass is 275 g/mol. The predicted octanol–water partition coefficient (Wildman–Crippen LogP) is 2.61. The van der Waals surface area contributed by atoms with E-state index in [2.05, 4.69) is 23.8 Å². The third-order valence-corrected chi connectivity index (χ3v) is 3.97. The number of benzene rings is 1. The van der Waals surface area contributed by atoms with Gasteiger partial charge in [-0.1, -0.05) is 6.92 Å². The molecule has 0 aromatic heterocycles. The van der Waals surface area contributed by atoms with Crippen molar-refractivity contribution < 1.29 is 4.39 Å². The second-order valence-corrected chi connectivity index (χ2v) is 5.58. The van der Waals surface area contributed by atoms with Gasteiger partial charge in [0.1, 0.15) is 5.82 Å². The van der Waals surface area contributed by atoms with E-state index in [9.17, 15) is 4.39 Å². The van der Waals surface area contributed by atoms with Crippen LogP contribution in [0.1, 0.15) is 30.9 Å². The van der Waals surface area contributed by atoms with Crippen LogP contribution in [0.3, 0.4) is 0 Å². The molecule has 0 saturated carbocycles. The fraction of sp³-hybridized carbons (Fsp3) is 0.562. The van der Waals surface area contributed by atoms with Crippen LogP contribution >= 0.6 is 0 Å². The third kappa shape index (κ3) is 3.78. The topological polar surface area (TPSA) is 30.3 Å². The summed E-state index contributed by atoms with van der Waals surface area (Å²) >= 11 is 0. The van der Waals surface area contributed by atoms with Crippen LogP contribution in [0.4, 0.5) is 4.39 Å². The fourth-order valence-corrected chi connectivity index (χ4v) is 3.06. The van der Waals surface area contributed by atoms with Crippen molar-refractivity contribution in [2.45, 2.75) is 32.4 Å². The van der Waals surface area contributed by atoms with Crippen molar-refractivity contribution in [2.75, 3.05) is 26.7 Å². The first-order valence-electron chi connectivity index (χ1n) is 7.24. The van der Waals surface area contributed by atoms with Gasteiger partial charge in [-0.25, -0.2) is 4.39 Å². The summed E-state index contributed by atoms with van der Waals surface area (Å²) < 4.78 is 13.4. The summed E-state index contributed by atoms with van der Waals surface area (Å²) in [4.78, 5) is 4.72. The maximum absolute atomic E-state index is 13.4. The molecule has 1 aromatic rings. The number of nitriles is 1. The molecule has 1 heterocycles. The van der Waals surface area contributed by atoms with E-state index in [0.29, 0.717) is 18.2 Å². The highest BCUT2D eigenvalue weighted by Crippen LogP contribution is 2.18. The minimum atomic E-state index is -0.330. The van der Waals surface area contributed by atoms with Gasteiger partial charge in [-0.3, -0.25) is 4.90 Å². The first-order chi connectivity index (χ1) is 9.62. The van der Waals surface area contributed by atoms with Crippen LogP contribution < -0.4 is 0 Å². The van der Waals surface area contributed by atoms with Crippen molar-refractivity contribution in [1.29, 1.82) is 5.26 Å². The Kier molecular flexibility index (Phi) is 5.11. The van der Waals surface area contributed by atoms with Gasteiger partial charge in [-0.15, -0.1) is 0 Å². The molecule has 0 spiro atoms. The Bertz CT molecular complexity index is 495. The maximum Gasteiger partial charge on any atom is 0.124 e. The van der Waals surface area contributed by atoms with Gasteiger partial charge in [-0.2, -0.15) is 5.26 Å². The Morgan fingerprint density at radius 1 is 1.45 bits per heavy atom. The molecule has 3 nitrogen and oxygen atoms in total. The lowest BCUT2D eigenvalue weighted by atomic mass is 10.1. The van der Waals surface area contributed by atoms with E-state index in [1.165, 1.54) is 31.5 Å². The largest absolute Gasteiger partial charge is 0.301 e. The first kappa shape index (κ1) is 15.0. The SMILES string of the molecule is CCN1CCCC1CN(C)Cc1cc(F)cc(C#N)c1. The van der Waals surface area contributed by atoms with Gasteiger partial charge in [0.15, 0.2) is 0 Å². The summed E-state index contributed by atoms with van der Waals surface area (Å²) in [5.41, 5.74) is 1.26. The van der Waals surface area contributed by atoms with Gasteiger partial charge in [0.25, 0.3) is 0 Å². The zero-order chi connectivity index (χ0) is 14.5. The summed E-state index contributed by atoms with van der Waals surface area (Å²) in [5.74, 6) is -0.330. The van der Waals surface area contributed by atoms with Crippen molar-refractivity contribution in [3.8, 4) is 6.07 Å². The van der Waals surface area contributed by atoms with E-state index in [0.717, 1.165) is 18.7 Å². The molecule has 1 fully saturated rings. The zero-order valence-corrected chi connectivity index (χ0v) is 12.3. The number of halogens is 1. The highest BCUT2D eigenvalue weighted by Gasteiger charge is 2.23. The van der Waals surface area contributed by atoms with E-state index >= 15 is 0 Å². The van der Waals surface area contributed by atoms with Crippen LogP contribution in [0, 0.1) is 17.1 Å². The van der Waals surface area contributed by atoms with Gasteiger partial charge in [0, 0.05) is 19.1 Å². The second-order valence-electron chi connectivity index (χ2n) is 5.58. The molecule has 0 radical (unpaired) electrons. The first-order valence-corrected chi connectivity index (χ1v) is 7.24. The summed E-state index contributed by atoms with van der Waals surface area (Å²) in [5, 5.41) is 8.88. The number of hydrogen-bond acceptors (Lipinski definition) is 3. The van der Waals surface area contributed by atoms with E-state index in [1.54, 1.807) is 6.07 Å². The molecule has 0 N–H and O–H groups in total. The van der Waals surface area contributed by atoms with E-state index in [-0.39, 0.29) is 5.82 Å². The number of likely N-dealkylation sites (N-methyl/N-ethyl adjacent to an activating group) is 2. The van der Waals surface area contributed by atoms with Gasteiger partial charge < -0.3 is 4.90 Å². The summed E-state index contributed by atoms with van der Waals surface area (Å²) in [7, 11) is 2.06. The molecule has 20 heavy (non-hydrogen) atoms. The molecule has 1 saturated heterocycles. The predicted molar refractivity (Wildman–Crippen MR) is 77.7 cm³/mol. The minimum Gasteiger partial charge on any atom is -0.301 e. The minimum absolute atomic E-state index is 0.330. The zero-order valence-electron chi connectivity index (χ0n) is 12.3. The Balaban J connectivity index is 1.96. The highest BCUT2D eigenvalue weighted by molar-refractivity contribution is 5.33. The molecule has 2 rings (SSSR count). The van der Waals surface area contributed by atoms with E-state index < -0.39 is 0 Å². The number of rotatable bonds is 5. The van der Waals surface area contributed by atoms with E-state index in [1.807, 2.05) is 6.07 Å². The number of nitrogens with zero attached hydrogens (tertiary/aromatic N) is 3. The molecule has 0 amide bonds. The molecule has 1 aliphatic heterocycles. The van der Waals surface area contributed by atoms with E-state index in [4.69, 9.17) is 5.26 Å². The average Bonchev–Trinajstić information content (AvgIpc) is 2.84. The molecule has 1 unspecified atom stereocenters. The summed E-state index contributed by atoms with van der Waals surface area (Å²) in [6.45, 7) is 6.15. The molecule has 1 aromatic carbocycles. The van der Waals surface area contributed by atoms with Crippen LogP contribution in [0.15, 0.2) is 18.2 Å². The molecule has 0 bridgehead atoms. The van der Waals surface area contributed by atoms with Crippen molar-refractivity contribution in [2.24, 2.45) is 0 Å². The Morgan fingerprint density at radius 3 is 2.95 bits per heavy atom. The van der Waals surface area contributed by atoms with Crippen LogP contribution in [0.5, 0.6) is 0 Å². The van der Waals surface area contributed by atoms with Crippen molar-refractivity contribution in [3.05, 3.63) is 35.1 Å². The van der Waals surface area contributed by atoms with Crippen molar-refractivity contribution in [3.63, 3.8) is 0 Å². The molecule has 1 aliphatic rings. The molecular weight excluding hydrogens is 253 g/mol. The Hall–Kier alpha value is -1.44. The summed E-state index contributed by atoms with van der Waals surface area (Å²) in [6.07, 6.45) is 2.51. The van der Waals surface area contributed by atoms with Gasteiger partial charge in [0.05, 0.1) is 11.6 Å². The molecule has 1 atom stereocenters. The van der Waals surface area contributed by atoms with Gasteiger partial charge in [0.2, 0.25) is 0 Å². The maximum atomic E-state index is 13.4. The molecule has 108 valence electrons. The lowest BCUT2D eigenvalue weighted by molar-refractivity contribution is 0.194.